The van der Waals surface area contributed by atoms with Crippen molar-refractivity contribution in [2.75, 3.05) is 6.26 Å². The fourth-order valence-electron chi connectivity index (χ4n) is 0.834. The predicted molar refractivity (Wildman–Crippen MR) is 47.3 cm³/mol. The SMILES string of the molecule is CSOC(C)c1ccncc1. The van der Waals surface area contributed by atoms with Crippen LogP contribution in [0.15, 0.2) is 24.5 Å². The van der Waals surface area contributed by atoms with Gasteiger partial charge in [-0.15, -0.1) is 0 Å². The number of hydrogen-bond acceptors (Lipinski definition) is 3. The zero-order chi connectivity index (χ0) is 8.10. The van der Waals surface area contributed by atoms with Gasteiger partial charge in [0.05, 0.1) is 6.10 Å². The van der Waals surface area contributed by atoms with E-state index in [9.17, 15) is 0 Å². The van der Waals surface area contributed by atoms with E-state index in [0.717, 1.165) is 5.56 Å². The van der Waals surface area contributed by atoms with Crippen LogP contribution in [0.1, 0.15) is 18.6 Å². The summed E-state index contributed by atoms with van der Waals surface area (Å²) in [6.07, 6.45) is 5.61. The molecule has 0 bridgehead atoms. The van der Waals surface area contributed by atoms with Crippen molar-refractivity contribution in [3.63, 3.8) is 0 Å². The molecule has 1 aromatic heterocycles. The van der Waals surface area contributed by atoms with E-state index in [1.165, 1.54) is 12.0 Å². The van der Waals surface area contributed by atoms with Gasteiger partial charge in [-0.1, -0.05) is 0 Å². The Balaban J connectivity index is 2.61. The molecule has 0 amide bonds. The third-order valence-corrected chi connectivity index (χ3v) is 1.90. The van der Waals surface area contributed by atoms with Crippen molar-refractivity contribution in [2.45, 2.75) is 13.0 Å². The molecule has 0 aromatic carbocycles. The van der Waals surface area contributed by atoms with Gasteiger partial charge >= 0.3 is 0 Å². The van der Waals surface area contributed by atoms with Crippen LogP contribution in [0, 0.1) is 0 Å². The average Bonchev–Trinajstić information content (AvgIpc) is 2.07. The lowest BCUT2D eigenvalue weighted by atomic mass is 10.2. The van der Waals surface area contributed by atoms with Crippen LogP contribution < -0.4 is 0 Å². The summed E-state index contributed by atoms with van der Waals surface area (Å²) in [6.45, 7) is 2.02. The van der Waals surface area contributed by atoms with Crippen molar-refractivity contribution in [2.24, 2.45) is 0 Å². The van der Waals surface area contributed by atoms with Crippen LogP contribution in [-0.2, 0) is 4.18 Å². The largest absolute Gasteiger partial charge is 0.308 e. The highest BCUT2D eigenvalue weighted by molar-refractivity contribution is 7.93. The van der Waals surface area contributed by atoms with Gasteiger partial charge in [0.2, 0.25) is 0 Å². The van der Waals surface area contributed by atoms with Crippen LogP contribution in [0.2, 0.25) is 0 Å². The summed E-state index contributed by atoms with van der Waals surface area (Å²) >= 11 is 1.38. The molecule has 1 aromatic rings. The van der Waals surface area contributed by atoms with Gasteiger partial charge < -0.3 is 4.18 Å². The van der Waals surface area contributed by atoms with Crippen LogP contribution in [-0.4, -0.2) is 11.2 Å². The van der Waals surface area contributed by atoms with Crippen LogP contribution in [0.5, 0.6) is 0 Å². The molecule has 0 aliphatic rings. The Morgan fingerprint density at radius 1 is 1.45 bits per heavy atom. The average molecular weight is 169 g/mol. The Labute approximate surface area is 71.2 Å². The normalized spacial score (nSPS) is 12.9. The molecule has 0 radical (unpaired) electrons. The second kappa shape index (κ2) is 4.36. The van der Waals surface area contributed by atoms with E-state index in [1.54, 1.807) is 12.4 Å². The molecular weight excluding hydrogens is 158 g/mol. The fourth-order valence-corrected chi connectivity index (χ4v) is 1.23. The maximum atomic E-state index is 5.32. The maximum absolute atomic E-state index is 5.32. The van der Waals surface area contributed by atoms with E-state index >= 15 is 0 Å². The molecule has 0 aliphatic heterocycles. The first-order valence-corrected chi connectivity index (χ1v) is 4.59. The van der Waals surface area contributed by atoms with Gasteiger partial charge in [-0.25, -0.2) is 0 Å². The Hall–Kier alpha value is -0.540. The van der Waals surface area contributed by atoms with Crippen molar-refractivity contribution in [1.82, 2.24) is 4.98 Å². The van der Waals surface area contributed by atoms with Crippen molar-refractivity contribution in [3.8, 4) is 0 Å². The number of hydrogen-bond donors (Lipinski definition) is 0. The molecular formula is C8H11NOS. The summed E-state index contributed by atoms with van der Waals surface area (Å²) < 4.78 is 5.32. The van der Waals surface area contributed by atoms with Crippen LogP contribution in [0.25, 0.3) is 0 Å². The maximum Gasteiger partial charge on any atom is 0.0944 e. The van der Waals surface area contributed by atoms with Gasteiger partial charge in [0.15, 0.2) is 0 Å². The van der Waals surface area contributed by atoms with E-state index in [4.69, 9.17) is 4.18 Å². The second-order valence-electron chi connectivity index (χ2n) is 2.19. The summed E-state index contributed by atoms with van der Waals surface area (Å²) in [4.78, 5) is 3.93. The molecule has 3 heteroatoms. The highest BCUT2D eigenvalue weighted by Crippen LogP contribution is 2.19. The number of aromatic nitrogens is 1. The van der Waals surface area contributed by atoms with E-state index in [0.29, 0.717) is 0 Å². The predicted octanol–water partition coefficient (Wildman–Crippen LogP) is 2.44. The van der Waals surface area contributed by atoms with Crippen molar-refractivity contribution >= 4 is 12.0 Å². The number of pyridine rings is 1. The lowest BCUT2D eigenvalue weighted by molar-refractivity contribution is 0.274. The summed E-state index contributed by atoms with van der Waals surface area (Å²) in [6, 6.07) is 3.92. The van der Waals surface area contributed by atoms with Gasteiger partial charge in [-0.3, -0.25) is 4.98 Å². The summed E-state index contributed by atoms with van der Waals surface area (Å²) in [5, 5.41) is 0. The molecule has 11 heavy (non-hydrogen) atoms. The molecule has 1 rings (SSSR count). The Bertz CT molecular complexity index is 203. The standard InChI is InChI=1S/C8H11NOS/c1-7(10-11-2)8-3-5-9-6-4-8/h3-7H,1-2H3. The first kappa shape index (κ1) is 8.56. The smallest absolute Gasteiger partial charge is 0.0944 e. The molecule has 60 valence electrons. The minimum Gasteiger partial charge on any atom is -0.308 e. The van der Waals surface area contributed by atoms with Gasteiger partial charge in [0, 0.05) is 18.6 Å². The molecule has 1 atom stereocenters. The van der Waals surface area contributed by atoms with Crippen LogP contribution in [0.4, 0.5) is 0 Å². The van der Waals surface area contributed by atoms with Gasteiger partial charge in [0.1, 0.15) is 0 Å². The molecule has 1 unspecified atom stereocenters. The first-order valence-electron chi connectivity index (χ1n) is 3.44. The first-order chi connectivity index (χ1) is 5.34. The molecule has 1 heterocycles. The molecule has 2 nitrogen and oxygen atoms in total. The van der Waals surface area contributed by atoms with Gasteiger partial charge in [-0.2, -0.15) is 0 Å². The minimum atomic E-state index is 0.146. The third kappa shape index (κ3) is 2.52. The van der Waals surface area contributed by atoms with Gasteiger partial charge in [0.25, 0.3) is 0 Å². The molecule has 0 spiro atoms. The Kier molecular flexibility index (Phi) is 3.39. The van der Waals surface area contributed by atoms with E-state index in [-0.39, 0.29) is 6.10 Å². The summed E-state index contributed by atoms with van der Waals surface area (Å²) in [7, 11) is 0. The van der Waals surface area contributed by atoms with E-state index < -0.39 is 0 Å². The summed E-state index contributed by atoms with van der Waals surface area (Å²) in [5.74, 6) is 0. The zero-order valence-corrected chi connectivity index (χ0v) is 7.47. The van der Waals surface area contributed by atoms with Crippen molar-refractivity contribution in [3.05, 3.63) is 30.1 Å². The second-order valence-corrected chi connectivity index (χ2v) is 2.71. The Morgan fingerprint density at radius 2 is 2.09 bits per heavy atom. The van der Waals surface area contributed by atoms with Crippen molar-refractivity contribution < 1.29 is 4.18 Å². The highest BCUT2D eigenvalue weighted by atomic mass is 32.2. The highest BCUT2D eigenvalue weighted by Gasteiger charge is 2.02. The number of nitrogens with zero attached hydrogens (tertiary/aromatic N) is 1. The summed E-state index contributed by atoms with van der Waals surface area (Å²) in [5.41, 5.74) is 1.16. The lowest BCUT2D eigenvalue weighted by Gasteiger charge is -2.08. The molecule has 0 saturated carbocycles. The van der Waals surface area contributed by atoms with E-state index in [1.807, 2.05) is 25.3 Å². The minimum absolute atomic E-state index is 0.146. The number of rotatable bonds is 3. The molecule has 0 aliphatic carbocycles. The fraction of sp³-hybridized carbons (Fsp3) is 0.375. The van der Waals surface area contributed by atoms with Crippen LogP contribution >= 0.6 is 12.0 Å². The monoisotopic (exact) mass is 169 g/mol. The Morgan fingerprint density at radius 3 is 2.64 bits per heavy atom. The van der Waals surface area contributed by atoms with E-state index in [2.05, 4.69) is 4.98 Å². The van der Waals surface area contributed by atoms with Gasteiger partial charge in [-0.05, 0) is 36.7 Å². The third-order valence-electron chi connectivity index (χ3n) is 1.42. The topological polar surface area (TPSA) is 22.1 Å². The molecule has 0 fully saturated rings. The molecule has 0 saturated heterocycles. The van der Waals surface area contributed by atoms with Crippen LogP contribution in [0.3, 0.4) is 0 Å². The lowest BCUT2D eigenvalue weighted by Crippen LogP contribution is -1.93. The molecule has 0 N–H and O–H groups in total. The zero-order valence-electron chi connectivity index (χ0n) is 6.65. The quantitative estimate of drug-likeness (QED) is 0.649. The van der Waals surface area contributed by atoms with Crippen molar-refractivity contribution in [1.29, 1.82) is 0 Å².